The zero-order valence-electron chi connectivity index (χ0n) is 13.9. The molecule has 0 saturated carbocycles. The maximum atomic E-state index is 12.5. The van der Waals surface area contributed by atoms with Crippen molar-refractivity contribution in [1.29, 1.82) is 0 Å². The van der Waals surface area contributed by atoms with Crippen LogP contribution in [0.2, 0.25) is 0 Å². The van der Waals surface area contributed by atoms with Gasteiger partial charge in [-0.25, -0.2) is 0 Å². The monoisotopic (exact) mass is 378 g/mol. The van der Waals surface area contributed by atoms with Crippen LogP contribution in [0.1, 0.15) is 18.4 Å². The second kappa shape index (κ2) is 9.55. The summed E-state index contributed by atoms with van der Waals surface area (Å²) >= 11 is 6.60. The minimum atomic E-state index is -0.275. The number of hydrogen-bond acceptors (Lipinski definition) is 6. The molecule has 0 unspecified atom stereocenters. The molecule has 0 spiro atoms. The molecule has 0 aliphatic carbocycles. The van der Waals surface area contributed by atoms with E-state index in [4.69, 9.17) is 27.2 Å². The second-order valence-corrected chi connectivity index (χ2v) is 6.83. The molecule has 1 fully saturated rings. The van der Waals surface area contributed by atoms with Crippen molar-refractivity contribution in [3.8, 4) is 0 Å². The lowest BCUT2D eigenvalue weighted by Crippen LogP contribution is -2.29. The van der Waals surface area contributed by atoms with Gasteiger partial charge in [-0.2, -0.15) is 0 Å². The van der Waals surface area contributed by atoms with Crippen molar-refractivity contribution in [3.63, 3.8) is 0 Å². The number of azide groups is 1. The minimum absolute atomic E-state index is 0.0968. The van der Waals surface area contributed by atoms with Crippen LogP contribution in [0.3, 0.4) is 0 Å². The van der Waals surface area contributed by atoms with Crippen molar-refractivity contribution >= 4 is 46.0 Å². The van der Waals surface area contributed by atoms with Gasteiger partial charge >= 0.3 is 0 Å². The fourth-order valence-electron chi connectivity index (χ4n) is 2.28. The molecule has 2 rings (SSSR count). The smallest absolute Gasteiger partial charge is 0.266 e. The molecule has 0 aromatic heterocycles. The molecule has 1 aromatic carbocycles. The molecule has 1 aliphatic heterocycles. The molecule has 1 saturated heterocycles. The van der Waals surface area contributed by atoms with Gasteiger partial charge in [0.2, 0.25) is 0 Å². The topological polar surface area (TPSA) is 87.5 Å². The van der Waals surface area contributed by atoms with E-state index in [1.165, 1.54) is 11.8 Å². The van der Waals surface area contributed by atoms with E-state index in [2.05, 4.69) is 10.0 Å². The second-order valence-electron chi connectivity index (χ2n) is 5.16. The van der Waals surface area contributed by atoms with Crippen molar-refractivity contribution < 1.29 is 14.3 Å². The van der Waals surface area contributed by atoms with Crippen molar-refractivity contribution in [2.45, 2.75) is 19.1 Å². The van der Waals surface area contributed by atoms with Crippen LogP contribution in [0.5, 0.6) is 0 Å². The van der Waals surface area contributed by atoms with Gasteiger partial charge in [0.05, 0.1) is 4.91 Å². The highest BCUT2D eigenvalue weighted by atomic mass is 32.2. The summed E-state index contributed by atoms with van der Waals surface area (Å²) < 4.78 is 10.8. The quantitative estimate of drug-likeness (QED) is 0.169. The summed E-state index contributed by atoms with van der Waals surface area (Å²) in [6, 6.07) is 6.97. The molecule has 1 aliphatic rings. The molecule has 1 heterocycles. The Balaban J connectivity index is 2.00. The lowest BCUT2D eigenvalue weighted by Gasteiger charge is -2.17. The molecule has 0 bridgehead atoms. The van der Waals surface area contributed by atoms with Crippen LogP contribution in [0.4, 0.5) is 5.69 Å². The first-order valence-electron chi connectivity index (χ1n) is 7.55. The molecule has 9 heteroatoms. The Kier molecular flexibility index (Phi) is 7.42. The lowest BCUT2D eigenvalue weighted by atomic mass is 10.2. The molecule has 1 amide bonds. The maximum Gasteiger partial charge on any atom is 0.266 e. The highest BCUT2D eigenvalue weighted by Crippen LogP contribution is 2.33. The van der Waals surface area contributed by atoms with Crippen LogP contribution in [-0.4, -0.2) is 42.2 Å². The first-order valence-corrected chi connectivity index (χ1v) is 8.77. The standard InChI is InChI=1S/C16H18N4O3S2/c1-22-14(23-2)4-3-9-20-15(21)13(25-16(20)24)10-11-5-7-12(8-6-11)18-19-17/h5-8,10,14H,3-4,9H2,1-2H3. The summed E-state index contributed by atoms with van der Waals surface area (Å²) in [5, 5.41) is 3.52. The summed E-state index contributed by atoms with van der Waals surface area (Å²) in [5.74, 6) is -0.0968. The van der Waals surface area contributed by atoms with Crippen LogP contribution in [-0.2, 0) is 14.3 Å². The maximum absolute atomic E-state index is 12.5. The molecule has 7 nitrogen and oxygen atoms in total. The number of carbonyl (C=O) groups is 1. The summed E-state index contributed by atoms with van der Waals surface area (Å²) in [7, 11) is 3.17. The van der Waals surface area contributed by atoms with Crippen molar-refractivity contribution in [3.05, 3.63) is 45.2 Å². The predicted octanol–water partition coefficient (Wildman–Crippen LogP) is 4.23. The van der Waals surface area contributed by atoms with Gasteiger partial charge in [-0.3, -0.25) is 9.69 Å². The van der Waals surface area contributed by atoms with Crippen LogP contribution in [0, 0.1) is 0 Å². The van der Waals surface area contributed by atoms with Gasteiger partial charge in [0, 0.05) is 37.8 Å². The molecule has 1 aromatic rings. The first kappa shape index (κ1) is 19.4. The van der Waals surface area contributed by atoms with E-state index in [9.17, 15) is 4.79 Å². The zero-order valence-corrected chi connectivity index (χ0v) is 15.5. The third kappa shape index (κ3) is 5.29. The average molecular weight is 378 g/mol. The number of rotatable bonds is 8. The SMILES string of the molecule is COC(CCCN1C(=O)C(=Cc2ccc(N=[N+]=[N-])cc2)SC1=S)OC. The molecular weight excluding hydrogens is 360 g/mol. The summed E-state index contributed by atoms with van der Waals surface area (Å²) in [6.45, 7) is 0.529. The van der Waals surface area contributed by atoms with E-state index in [0.717, 1.165) is 12.0 Å². The number of thioether (sulfide) groups is 1. The Morgan fingerprint density at radius 2 is 2.04 bits per heavy atom. The third-order valence-electron chi connectivity index (χ3n) is 3.57. The average Bonchev–Trinajstić information content (AvgIpc) is 2.88. The molecule has 0 atom stereocenters. The van der Waals surface area contributed by atoms with Gasteiger partial charge < -0.3 is 9.47 Å². The van der Waals surface area contributed by atoms with E-state index in [1.807, 2.05) is 0 Å². The third-order valence-corrected chi connectivity index (χ3v) is 4.95. The molecule has 132 valence electrons. The highest BCUT2D eigenvalue weighted by Gasteiger charge is 2.31. The van der Waals surface area contributed by atoms with Crippen molar-refractivity contribution in [1.82, 2.24) is 4.90 Å². The first-order chi connectivity index (χ1) is 12.1. The van der Waals surface area contributed by atoms with Crippen LogP contribution < -0.4 is 0 Å². The Bertz CT molecular complexity index is 711. The number of hydrogen-bond donors (Lipinski definition) is 0. The largest absolute Gasteiger partial charge is 0.356 e. The number of nitrogens with zero attached hydrogens (tertiary/aromatic N) is 4. The van der Waals surface area contributed by atoms with E-state index < -0.39 is 0 Å². The predicted molar refractivity (Wildman–Crippen MR) is 102 cm³/mol. The lowest BCUT2D eigenvalue weighted by molar-refractivity contribution is -0.123. The fraction of sp³-hybridized carbons (Fsp3) is 0.375. The van der Waals surface area contributed by atoms with Gasteiger partial charge in [0.25, 0.3) is 5.91 Å². The Morgan fingerprint density at radius 1 is 1.36 bits per heavy atom. The summed E-state index contributed by atoms with van der Waals surface area (Å²) in [6.07, 6.45) is 2.92. The number of carbonyl (C=O) groups excluding carboxylic acids is 1. The fourth-order valence-corrected chi connectivity index (χ4v) is 3.59. The van der Waals surface area contributed by atoms with Gasteiger partial charge in [0.15, 0.2) is 6.29 Å². The van der Waals surface area contributed by atoms with Crippen molar-refractivity contribution in [2.75, 3.05) is 20.8 Å². The van der Waals surface area contributed by atoms with E-state index in [1.54, 1.807) is 49.5 Å². The number of ether oxygens (including phenoxy) is 2. The molecule has 0 radical (unpaired) electrons. The van der Waals surface area contributed by atoms with Crippen LogP contribution in [0.25, 0.3) is 16.5 Å². The number of amides is 1. The summed E-state index contributed by atoms with van der Waals surface area (Å²) in [4.78, 5) is 17.4. The highest BCUT2D eigenvalue weighted by molar-refractivity contribution is 8.26. The van der Waals surface area contributed by atoms with Gasteiger partial charge in [-0.05, 0) is 23.6 Å². The summed E-state index contributed by atoms with van der Waals surface area (Å²) in [5.41, 5.74) is 9.78. The zero-order chi connectivity index (χ0) is 18.2. The van der Waals surface area contributed by atoms with Gasteiger partial charge in [-0.1, -0.05) is 53.4 Å². The normalized spacial score (nSPS) is 16.0. The van der Waals surface area contributed by atoms with Crippen molar-refractivity contribution in [2.24, 2.45) is 5.11 Å². The van der Waals surface area contributed by atoms with Gasteiger partial charge in [-0.15, -0.1) is 0 Å². The minimum Gasteiger partial charge on any atom is -0.356 e. The van der Waals surface area contributed by atoms with E-state index >= 15 is 0 Å². The number of methoxy groups -OCH3 is 2. The number of benzene rings is 1. The Morgan fingerprint density at radius 3 is 2.64 bits per heavy atom. The Labute approximate surface area is 155 Å². The van der Waals surface area contributed by atoms with Crippen LogP contribution in [0.15, 0.2) is 34.3 Å². The van der Waals surface area contributed by atoms with Gasteiger partial charge in [0.1, 0.15) is 4.32 Å². The van der Waals surface area contributed by atoms with Crippen LogP contribution >= 0.6 is 24.0 Å². The molecule has 0 N–H and O–H groups in total. The Hall–Kier alpha value is -1.90. The molecular formula is C16H18N4O3S2. The number of thiocarbonyl (C=S) groups is 1. The molecule has 25 heavy (non-hydrogen) atoms. The van der Waals surface area contributed by atoms with E-state index in [-0.39, 0.29) is 12.2 Å². The van der Waals surface area contributed by atoms with E-state index in [0.29, 0.717) is 27.9 Å².